The lowest BCUT2D eigenvalue weighted by molar-refractivity contribution is -0.134. The molecular weight excluding hydrogens is 240 g/mol. The summed E-state index contributed by atoms with van der Waals surface area (Å²) in [6.45, 7) is 3.99. The molecule has 0 aromatic heterocycles. The highest BCUT2D eigenvalue weighted by Gasteiger charge is 2.34. The molecule has 0 aromatic carbocycles. The number of aliphatic hydroxyl groups excluding tert-OH is 1. The van der Waals surface area contributed by atoms with Gasteiger partial charge in [-0.1, -0.05) is 32.6 Å². The van der Waals surface area contributed by atoms with E-state index in [4.69, 9.17) is 10.8 Å². The lowest BCUT2D eigenvalue weighted by atomic mass is 9.71. The van der Waals surface area contributed by atoms with Gasteiger partial charge < -0.3 is 15.7 Å². The average molecular weight is 270 g/mol. The molecule has 0 aromatic rings. The van der Waals surface area contributed by atoms with Gasteiger partial charge in [-0.25, -0.2) is 0 Å². The highest BCUT2D eigenvalue weighted by Crippen LogP contribution is 2.38. The van der Waals surface area contributed by atoms with Crippen LogP contribution in [0.1, 0.15) is 58.3 Å². The van der Waals surface area contributed by atoms with Crippen LogP contribution in [0.15, 0.2) is 0 Å². The van der Waals surface area contributed by atoms with Crippen molar-refractivity contribution in [2.75, 3.05) is 26.2 Å². The second-order valence-electron chi connectivity index (χ2n) is 5.90. The first kappa shape index (κ1) is 16.4. The van der Waals surface area contributed by atoms with Crippen molar-refractivity contribution in [3.05, 3.63) is 0 Å². The maximum absolute atomic E-state index is 12.4. The van der Waals surface area contributed by atoms with Crippen molar-refractivity contribution >= 4 is 5.91 Å². The molecular formula is C15H30N2O2. The third kappa shape index (κ3) is 5.11. The van der Waals surface area contributed by atoms with E-state index in [9.17, 15) is 4.79 Å². The van der Waals surface area contributed by atoms with E-state index in [-0.39, 0.29) is 17.9 Å². The molecule has 0 heterocycles. The van der Waals surface area contributed by atoms with Gasteiger partial charge in [0.25, 0.3) is 0 Å². The number of hydrogen-bond donors (Lipinski definition) is 2. The Balaban J connectivity index is 2.57. The molecule has 4 heteroatoms. The van der Waals surface area contributed by atoms with Gasteiger partial charge in [-0.2, -0.15) is 0 Å². The summed E-state index contributed by atoms with van der Waals surface area (Å²) in [7, 11) is 0. The topological polar surface area (TPSA) is 66.6 Å². The van der Waals surface area contributed by atoms with Crippen LogP contribution in [0.25, 0.3) is 0 Å². The van der Waals surface area contributed by atoms with Crippen molar-refractivity contribution in [2.24, 2.45) is 11.1 Å². The fraction of sp³-hybridized carbons (Fsp3) is 0.933. The van der Waals surface area contributed by atoms with Crippen molar-refractivity contribution in [3.8, 4) is 0 Å². The Morgan fingerprint density at radius 3 is 2.47 bits per heavy atom. The fourth-order valence-corrected chi connectivity index (χ4v) is 3.02. The van der Waals surface area contributed by atoms with E-state index in [1.54, 1.807) is 0 Å². The van der Waals surface area contributed by atoms with E-state index in [1.807, 2.05) is 4.90 Å². The molecule has 1 aliphatic carbocycles. The molecule has 1 amide bonds. The van der Waals surface area contributed by atoms with Gasteiger partial charge in [0.15, 0.2) is 0 Å². The maximum Gasteiger partial charge on any atom is 0.223 e. The van der Waals surface area contributed by atoms with Gasteiger partial charge in [0, 0.05) is 19.5 Å². The van der Waals surface area contributed by atoms with Crippen LogP contribution in [0, 0.1) is 5.41 Å². The zero-order chi connectivity index (χ0) is 14.1. The maximum atomic E-state index is 12.4. The molecule has 0 saturated heterocycles. The number of nitrogens with two attached hydrogens (primary N) is 1. The normalized spacial score (nSPS) is 18.3. The summed E-state index contributed by atoms with van der Waals surface area (Å²) in [5.74, 6) is 0.176. The second kappa shape index (κ2) is 8.54. The Labute approximate surface area is 117 Å². The highest BCUT2D eigenvalue weighted by atomic mass is 16.3. The minimum atomic E-state index is 0.0231. The third-order valence-corrected chi connectivity index (χ3v) is 4.38. The van der Waals surface area contributed by atoms with Crippen LogP contribution in [-0.4, -0.2) is 42.2 Å². The van der Waals surface area contributed by atoms with Crippen molar-refractivity contribution in [1.82, 2.24) is 4.90 Å². The van der Waals surface area contributed by atoms with Crippen LogP contribution >= 0.6 is 0 Å². The monoisotopic (exact) mass is 270 g/mol. The Kier molecular flexibility index (Phi) is 7.39. The number of hydrogen-bond acceptors (Lipinski definition) is 3. The number of aliphatic hydroxyl groups is 1. The first-order valence-electron chi connectivity index (χ1n) is 7.76. The van der Waals surface area contributed by atoms with E-state index < -0.39 is 0 Å². The Morgan fingerprint density at radius 1 is 1.26 bits per heavy atom. The molecule has 1 aliphatic rings. The summed E-state index contributed by atoms with van der Waals surface area (Å²) < 4.78 is 0. The van der Waals surface area contributed by atoms with Crippen LogP contribution in [0.2, 0.25) is 0 Å². The van der Waals surface area contributed by atoms with Gasteiger partial charge in [-0.05, 0) is 31.2 Å². The number of unbranched alkanes of at least 4 members (excludes halogenated alkanes) is 1. The van der Waals surface area contributed by atoms with Crippen molar-refractivity contribution in [1.29, 1.82) is 0 Å². The van der Waals surface area contributed by atoms with Gasteiger partial charge >= 0.3 is 0 Å². The summed E-state index contributed by atoms with van der Waals surface area (Å²) in [6, 6.07) is 0. The molecule has 4 nitrogen and oxygen atoms in total. The molecule has 0 unspecified atom stereocenters. The van der Waals surface area contributed by atoms with Crippen LogP contribution in [0.4, 0.5) is 0 Å². The fourth-order valence-electron chi connectivity index (χ4n) is 3.02. The largest absolute Gasteiger partial charge is 0.395 e. The summed E-state index contributed by atoms with van der Waals surface area (Å²) in [5, 5.41) is 9.09. The highest BCUT2D eigenvalue weighted by molar-refractivity contribution is 5.77. The van der Waals surface area contributed by atoms with E-state index >= 15 is 0 Å². The lowest BCUT2D eigenvalue weighted by Gasteiger charge is -2.37. The van der Waals surface area contributed by atoms with E-state index in [2.05, 4.69) is 6.92 Å². The molecule has 3 N–H and O–H groups in total. The van der Waals surface area contributed by atoms with Crippen LogP contribution in [0.5, 0.6) is 0 Å². The summed E-state index contributed by atoms with van der Waals surface area (Å²) in [4.78, 5) is 14.2. The quantitative estimate of drug-likeness (QED) is 0.708. The van der Waals surface area contributed by atoms with Crippen molar-refractivity contribution in [3.63, 3.8) is 0 Å². The molecule has 0 bridgehead atoms. The van der Waals surface area contributed by atoms with Gasteiger partial charge in [0.2, 0.25) is 5.91 Å². The average Bonchev–Trinajstić information content (AvgIpc) is 2.44. The molecule has 1 rings (SSSR count). The Bertz CT molecular complexity index is 263. The van der Waals surface area contributed by atoms with E-state index in [0.717, 1.165) is 32.2 Å². The van der Waals surface area contributed by atoms with Gasteiger partial charge in [-0.3, -0.25) is 4.79 Å². The minimum absolute atomic E-state index is 0.0231. The summed E-state index contributed by atoms with van der Waals surface area (Å²) in [6.07, 6.45) is 8.45. The molecule has 1 saturated carbocycles. The standard InChI is InChI=1S/C15H30N2O2/c1-2-3-9-17(10-11-18)14(19)12-15(13-16)7-5-4-6-8-15/h18H,2-13,16H2,1H3. The van der Waals surface area contributed by atoms with Crippen LogP contribution < -0.4 is 5.73 Å². The number of rotatable bonds is 8. The van der Waals surface area contributed by atoms with E-state index in [0.29, 0.717) is 19.5 Å². The van der Waals surface area contributed by atoms with Crippen molar-refractivity contribution in [2.45, 2.75) is 58.3 Å². The number of carbonyl (C=O) groups excluding carboxylic acids is 1. The molecule has 0 spiro atoms. The molecule has 0 atom stereocenters. The Hall–Kier alpha value is -0.610. The van der Waals surface area contributed by atoms with Gasteiger partial charge in [0.1, 0.15) is 0 Å². The smallest absolute Gasteiger partial charge is 0.223 e. The van der Waals surface area contributed by atoms with Crippen LogP contribution in [0.3, 0.4) is 0 Å². The Morgan fingerprint density at radius 2 is 1.95 bits per heavy atom. The molecule has 0 aliphatic heterocycles. The van der Waals surface area contributed by atoms with Gasteiger partial charge in [0.05, 0.1) is 6.61 Å². The first-order valence-corrected chi connectivity index (χ1v) is 7.76. The zero-order valence-electron chi connectivity index (χ0n) is 12.4. The minimum Gasteiger partial charge on any atom is -0.395 e. The first-order chi connectivity index (χ1) is 9.17. The molecule has 112 valence electrons. The zero-order valence-corrected chi connectivity index (χ0v) is 12.4. The SMILES string of the molecule is CCCCN(CCO)C(=O)CC1(CN)CCCCC1. The van der Waals surface area contributed by atoms with Crippen molar-refractivity contribution < 1.29 is 9.90 Å². The number of amides is 1. The van der Waals surface area contributed by atoms with Gasteiger partial charge in [-0.15, -0.1) is 0 Å². The lowest BCUT2D eigenvalue weighted by Crippen LogP contribution is -2.41. The summed E-state index contributed by atoms with van der Waals surface area (Å²) in [5.41, 5.74) is 5.96. The second-order valence-corrected chi connectivity index (χ2v) is 5.90. The third-order valence-electron chi connectivity index (χ3n) is 4.38. The number of nitrogens with zero attached hydrogens (tertiary/aromatic N) is 1. The van der Waals surface area contributed by atoms with E-state index in [1.165, 1.54) is 19.3 Å². The molecule has 0 radical (unpaired) electrons. The molecule has 1 fully saturated rings. The number of carbonyl (C=O) groups is 1. The molecule has 19 heavy (non-hydrogen) atoms. The van der Waals surface area contributed by atoms with Crippen LogP contribution in [-0.2, 0) is 4.79 Å². The predicted octanol–water partition coefficient (Wildman–Crippen LogP) is 1.91. The summed E-state index contributed by atoms with van der Waals surface area (Å²) >= 11 is 0. The predicted molar refractivity (Wildman–Crippen MR) is 77.8 cm³/mol.